The molecule has 0 unspecified atom stereocenters. The molecule has 4 aromatic rings. The van der Waals surface area contributed by atoms with Crippen molar-refractivity contribution in [3.05, 3.63) is 40.7 Å². The van der Waals surface area contributed by atoms with Crippen LogP contribution in [-0.4, -0.2) is 19.5 Å². The zero-order chi connectivity index (χ0) is 19.0. The molecular formula is C21H24N4O. The molecular weight excluding hydrogens is 324 g/mol. The number of pyridine rings is 2. The van der Waals surface area contributed by atoms with Crippen LogP contribution in [0.5, 0.6) is 5.75 Å². The average Bonchev–Trinajstić information content (AvgIpc) is 2.98. The van der Waals surface area contributed by atoms with Gasteiger partial charge in [-0.05, 0) is 50.1 Å². The quantitative estimate of drug-likeness (QED) is 0.361. The molecule has 0 atom stereocenters. The first-order valence-electron chi connectivity index (χ1n) is 8.82. The van der Waals surface area contributed by atoms with Crippen molar-refractivity contribution >= 4 is 33.3 Å². The van der Waals surface area contributed by atoms with E-state index >= 15 is 0 Å². The van der Waals surface area contributed by atoms with Gasteiger partial charge in [0.1, 0.15) is 22.4 Å². The third-order valence-corrected chi connectivity index (χ3v) is 5.31. The lowest BCUT2D eigenvalue weighted by atomic mass is 9.91. The second-order valence-corrected chi connectivity index (χ2v) is 8.15. The number of phenolic OH excluding ortho intramolecular Hbond substituents is 1. The number of aromatic nitrogens is 3. The van der Waals surface area contributed by atoms with Crippen molar-refractivity contribution in [1.29, 1.82) is 0 Å². The molecule has 0 saturated heterocycles. The van der Waals surface area contributed by atoms with Crippen molar-refractivity contribution in [3.63, 3.8) is 0 Å². The van der Waals surface area contributed by atoms with Crippen LogP contribution in [0.3, 0.4) is 0 Å². The van der Waals surface area contributed by atoms with E-state index in [9.17, 15) is 5.11 Å². The third kappa shape index (κ3) is 2.09. The molecule has 0 spiro atoms. The summed E-state index contributed by atoms with van der Waals surface area (Å²) in [7, 11) is 0. The smallest absolute Gasteiger partial charge is 0.147 e. The number of fused-ring (bicyclic) bond motifs is 5. The average molecular weight is 348 g/mol. The summed E-state index contributed by atoms with van der Waals surface area (Å²) in [5.74, 6) is 0.197. The fourth-order valence-electron chi connectivity index (χ4n) is 3.55. The Morgan fingerprint density at radius 3 is 2.38 bits per heavy atom. The third-order valence-electron chi connectivity index (χ3n) is 5.31. The highest BCUT2D eigenvalue weighted by atomic mass is 16.3. The maximum absolute atomic E-state index is 10.6. The number of imidazole rings is 1. The molecule has 0 fully saturated rings. The second-order valence-electron chi connectivity index (χ2n) is 8.15. The van der Waals surface area contributed by atoms with E-state index in [1.807, 2.05) is 25.2 Å². The zero-order valence-electron chi connectivity index (χ0n) is 16.1. The molecule has 0 bridgehead atoms. The SMILES string of the molecule is Cc1c(C)c(N)c2c(nc3c4ccc(C(C)(C)C)nc4cc(C)n32)c1O. The van der Waals surface area contributed by atoms with Crippen molar-refractivity contribution in [1.82, 2.24) is 14.4 Å². The van der Waals surface area contributed by atoms with Gasteiger partial charge in [0, 0.05) is 22.2 Å². The number of nitrogens with two attached hydrogens (primary N) is 1. The number of hydrogen-bond donors (Lipinski definition) is 2. The summed E-state index contributed by atoms with van der Waals surface area (Å²) in [5, 5.41) is 11.6. The van der Waals surface area contributed by atoms with E-state index in [4.69, 9.17) is 15.7 Å². The molecule has 26 heavy (non-hydrogen) atoms. The molecule has 5 heteroatoms. The topological polar surface area (TPSA) is 76.4 Å². The molecule has 4 rings (SSSR count). The van der Waals surface area contributed by atoms with Crippen LogP contribution in [0.4, 0.5) is 5.69 Å². The molecule has 5 nitrogen and oxygen atoms in total. The van der Waals surface area contributed by atoms with Gasteiger partial charge in [-0.3, -0.25) is 9.38 Å². The number of hydrogen-bond acceptors (Lipinski definition) is 4. The lowest BCUT2D eigenvalue weighted by molar-refractivity contribution is 0.476. The number of nitrogens with zero attached hydrogens (tertiary/aromatic N) is 3. The summed E-state index contributed by atoms with van der Waals surface area (Å²) in [6.07, 6.45) is 0. The second kappa shape index (κ2) is 5.10. The Morgan fingerprint density at radius 1 is 1.04 bits per heavy atom. The van der Waals surface area contributed by atoms with E-state index in [0.29, 0.717) is 11.2 Å². The van der Waals surface area contributed by atoms with Crippen LogP contribution >= 0.6 is 0 Å². The van der Waals surface area contributed by atoms with Gasteiger partial charge in [-0.25, -0.2) is 4.98 Å². The first-order chi connectivity index (χ1) is 12.1. The molecule has 1 aromatic carbocycles. The first kappa shape index (κ1) is 16.6. The Labute approximate surface area is 152 Å². The number of anilines is 1. The summed E-state index contributed by atoms with van der Waals surface area (Å²) in [6, 6.07) is 6.18. The molecule has 3 heterocycles. The largest absolute Gasteiger partial charge is 0.505 e. The highest BCUT2D eigenvalue weighted by Gasteiger charge is 2.21. The lowest BCUT2D eigenvalue weighted by Crippen LogP contribution is -2.13. The standard InChI is InChI=1S/C21H24N4O/c1-10-9-14-13(7-8-15(23-14)21(4,5)6)20-24-17-18(25(10)20)16(22)11(2)12(3)19(17)26/h7-9,26H,22H2,1-6H3. The van der Waals surface area contributed by atoms with Gasteiger partial charge in [0.15, 0.2) is 0 Å². The van der Waals surface area contributed by atoms with Crippen molar-refractivity contribution in [2.24, 2.45) is 0 Å². The molecule has 0 amide bonds. The van der Waals surface area contributed by atoms with Gasteiger partial charge >= 0.3 is 0 Å². The fraction of sp³-hybridized carbons (Fsp3) is 0.333. The van der Waals surface area contributed by atoms with Crippen LogP contribution in [0.25, 0.3) is 27.6 Å². The van der Waals surface area contributed by atoms with Gasteiger partial charge in [-0.2, -0.15) is 0 Å². The van der Waals surface area contributed by atoms with Gasteiger partial charge in [0.2, 0.25) is 0 Å². The Kier molecular flexibility index (Phi) is 3.26. The molecule has 3 N–H and O–H groups in total. The number of aromatic hydroxyl groups is 1. The molecule has 0 aliphatic carbocycles. The van der Waals surface area contributed by atoms with Crippen LogP contribution in [0, 0.1) is 20.8 Å². The van der Waals surface area contributed by atoms with Crippen molar-refractivity contribution in [2.45, 2.75) is 47.0 Å². The Hall–Kier alpha value is -2.82. The summed E-state index contributed by atoms with van der Waals surface area (Å²) in [6.45, 7) is 12.3. The minimum Gasteiger partial charge on any atom is -0.505 e. The molecule has 0 aliphatic heterocycles. The molecule has 0 saturated carbocycles. The Balaban J connectivity index is 2.22. The van der Waals surface area contributed by atoms with E-state index < -0.39 is 0 Å². The van der Waals surface area contributed by atoms with Crippen LogP contribution in [0.15, 0.2) is 18.2 Å². The van der Waals surface area contributed by atoms with Gasteiger partial charge in [0.25, 0.3) is 0 Å². The Bertz CT molecular complexity index is 1210. The number of phenols is 1. The monoisotopic (exact) mass is 348 g/mol. The summed E-state index contributed by atoms with van der Waals surface area (Å²) < 4.78 is 2.03. The predicted molar refractivity (Wildman–Crippen MR) is 107 cm³/mol. The molecule has 134 valence electrons. The maximum atomic E-state index is 10.6. The number of nitrogen functional groups attached to an aromatic ring is 1. The van der Waals surface area contributed by atoms with E-state index in [1.54, 1.807) is 0 Å². The predicted octanol–water partition coefficient (Wildman–Crippen LogP) is 4.55. The fourth-order valence-corrected chi connectivity index (χ4v) is 3.55. The van der Waals surface area contributed by atoms with Crippen LogP contribution in [0.1, 0.15) is 43.3 Å². The summed E-state index contributed by atoms with van der Waals surface area (Å²) in [4.78, 5) is 9.61. The van der Waals surface area contributed by atoms with Gasteiger partial charge in [-0.1, -0.05) is 20.8 Å². The number of aryl methyl sites for hydroxylation is 1. The van der Waals surface area contributed by atoms with Crippen LogP contribution < -0.4 is 5.73 Å². The van der Waals surface area contributed by atoms with Gasteiger partial charge < -0.3 is 10.8 Å². The summed E-state index contributed by atoms with van der Waals surface area (Å²) in [5.41, 5.74) is 13.7. The highest BCUT2D eigenvalue weighted by Crippen LogP contribution is 2.38. The maximum Gasteiger partial charge on any atom is 0.147 e. The summed E-state index contributed by atoms with van der Waals surface area (Å²) >= 11 is 0. The van der Waals surface area contributed by atoms with Crippen LogP contribution in [-0.2, 0) is 5.41 Å². The minimum absolute atomic E-state index is 0.0225. The van der Waals surface area contributed by atoms with E-state index in [0.717, 1.165) is 44.6 Å². The zero-order valence-corrected chi connectivity index (χ0v) is 16.1. The highest BCUT2D eigenvalue weighted by molar-refractivity contribution is 6.03. The van der Waals surface area contributed by atoms with E-state index in [-0.39, 0.29) is 11.2 Å². The molecule has 3 aromatic heterocycles. The van der Waals surface area contributed by atoms with Gasteiger partial charge in [-0.15, -0.1) is 0 Å². The van der Waals surface area contributed by atoms with E-state index in [2.05, 4.69) is 39.0 Å². The van der Waals surface area contributed by atoms with Crippen molar-refractivity contribution < 1.29 is 5.11 Å². The minimum atomic E-state index is -0.0225. The number of rotatable bonds is 0. The lowest BCUT2D eigenvalue weighted by Gasteiger charge is -2.18. The van der Waals surface area contributed by atoms with Crippen molar-refractivity contribution in [2.75, 3.05) is 5.73 Å². The van der Waals surface area contributed by atoms with Crippen LogP contribution in [0.2, 0.25) is 0 Å². The number of benzene rings is 1. The van der Waals surface area contributed by atoms with Gasteiger partial charge in [0.05, 0.1) is 11.2 Å². The molecule has 0 radical (unpaired) electrons. The Morgan fingerprint density at radius 2 is 1.73 bits per heavy atom. The first-order valence-corrected chi connectivity index (χ1v) is 8.82. The van der Waals surface area contributed by atoms with Crippen molar-refractivity contribution in [3.8, 4) is 5.75 Å². The normalized spacial score (nSPS) is 12.5. The van der Waals surface area contributed by atoms with E-state index in [1.165, 1.54) is 0 Å². The molecule has 0 aliphatic rings.